The Hall–Kier alpha value is -3.37. The van der Waals surface area contributed by atoms with Crippen molar-refractivity contribution < 1.29 is 14.4 Å². The molecule has 1 fully saturated rings. The van der Waals surface area contributed by atoms with Crippen LogP contribution in [0.5, 0.6) is 5.75 Å². The van der Waals surface area contributed by atoms with Gasteiger partial charge < -0.3 is 14.4 Å². The van der Waals surface area contributed by atoms with Gasteiger partial charge in [0.25, 0.3) is 5.69 Å². The molecule has 0 radical (unpaired) electrons. The number of rotatable bonds is 14. The number of azo groups is 1. The van der Waals surface area contributed by atoms with Gasteiger partial charge in [0, 0.05) is 30.8 Å². The van der Waals surface area contributed by atoms with Crippen LogP contribution in [0, 0.1) is 10.1 Å². The van der Waals surface area contributed by atoms with Gasteiger partial charge in [-0.3, -0.25) is 10.1 Å². The molecule has 0 saturated carbocycles. The highest BCUT2D eigenvalue weighted by atomic mass is 32.1. The first-order chi connectivity index (χ1) is 17.6. The lowest BCUT2D eigenvalue weighted by Crippen LogP contribution is -2.25. The van der Waals surface area contributed by atoms with Gasteiger partial charge in [-0.25, -0.2) is 4.98 Å². The zero-order chi connectivity index (χ0) is 25.3. The third kappa shape index (κ3) is 7.08. The summed E-state index contributed by atoms with van der Waals surface area (Å²) in [5, 5.41) is 21.4. The molecular weight excluding hydrogens is 478 g/mol. The van der Waals surface area contributed by atoms with Gasteiger partial charge in [0.15, 0.2) is 10.1 Å². The van der Waals surface area contributed by atoms with Crippen LogP contribution in [0.1, 0.15) is 39.5 Å². The number of benzene rings is 2. The average Bonchev–Trinajstić information content (AvgIpc) is 3.64. The van der Waals surface area contributed by atoms with E-state index in [1.54, 1.807) is 12.1 Å². The fraction of sp³-hybridized carbons (Fsp3) is 0.423. The highest BCUT2D eigenvalue weighted by Crippen LogP contribution is 2.41. The Morgan fingerprint density at radius 1 is 1.08 bits per heavy atom. The molecule has 2 heterocycles. The predicted molar refractivity (Wildman–Crippen MR) is 142 cm³/mol. The van der Waals surface area contributed by atoms with Crippen molar-refractivity contribution in [2.24, 2.45) is 10.2 Å². The van der Waals surface area contributed by atoms with E-state index in [4.69, 9.17) is 14.5 Å². The third-order valence-corrected chi connectivity index (χ3v) is 6.71. The molecule has 1 aliphatic rings. The van der Waals surface area contributed by atoms with Crippen LogP contribution in [-0.2, 0) is 4.74 Å². The number of hydrogen-bond donors (Lipinski definition) is 0. The number of non-ortho nitro benzene ring substituents is 1. The molecule has 1 aromatic heterocycles. The van der Waals surface area contributed by atoms with Crippen molar-refractivity contribution >= 4 is 32.8 Å². The van der Waals surface area contributed by atoms with Gasteiger partial charge in [-0.05, 0) is 49.2 Å². The summed E-state index contributed by atoms with van der Waals surface area (Å²) in [6.45, 7) is 7.58. The molecule has 0 bridgehead atoms. The van der Waals surface area contributed by atoms with Crippen LogP contribution in [-0.4, -0.2) is 42.3 Å². The van der Waals surface area contributed by atoms with Crippen molar-refractivity contribution in [1.29, 1.82) is 0 Å². The van der Waals surface area contributed by atoms with Crippen LogP contribution < -0.4 is 9.64 Å². The van der Waals surface area contributed by atoms with E-state index in [9.17, 15) is 10.1 Å². The van der Waals surface area contributed by atoms with Crippen molar-refractivity contribution in [2.45, 2.75) is 45.6 Å². The summed E-state index contributed by atoms with van der Waals surface area (Å²) in [5.41, 5.74) is 2.25. The van der Waals surface area contributed by atoms with E-state index in [-0.39, 0.29) is 11.8 Å². The van der Waals surface area contributed by atoms with Crippen LogP contribution in [0.2, 0.25) is 0 Å². The summed E-state index contributed by atoms with van der Waals surface area (Å²) in [6.07, 6.45) is 4.61. The summed E-state index contributed by atoms with van der Waals surface area (Å²) in [7, 11) is 0. The Morgan fingerprint density at radius 2 is 1.75 bits per heavy atom. The first-order valence-electron chi connectivity index (χ1n) is 12.3. The predicted octanol–water partition coefficient (Wildman–Crippen LogP) is 7.32. The van der Waals surface area contributed by atoms with E-state index in [1.807, 2.05) is 24.3 Å². The Morgan fingerprint density at radius 3 is 2.33 bits per heavy atom. The van der Waals surface area contributed by atoms with Crippen LogP contribution in [0.4, 0.5) is 21.5 Å². The van der Waals surface area contributed by atoms with E-state index in [1.165, 1.54) is 23.5 Å². The number of aromatic nitrogens is 1. The number of ether oxygens (including phenoxy) is 2. The standard InChI is InChI=1S/C26H31N5O4S/c1-3-5-15-30(16-6-4-2)26-27-24(19-7-13-22(14-8-19)34-17-23-18-35-23)25(36-26)29-28-20-9-11-21(12-10-20)31(32)33/h7-14,23H,3-6,15-18H2,1-2H3/t23-/m0/s1. The SMILES string of the molecule is CCCCN(CCCC)c1nc(-c2ccc(OC[C@H]3CO3)cc2)c(N=Nc2ccc([N+](=O)[O-])cc2)s1. The highest BCUT2D eigenvalue weighted by molar-refractivity contribution is 7.19. The number of thiazole rings is 1. The molecule has 1 aliphatic heterocycles. The first kappa shape index (κ1) is 25.7. The monoisotopic (exact) mass is 509 g/mol. The number of nitro groups is 1. The summed E-state index contributed by atoms with van der Waals surface area (Å²) >= 11 is 1.52. The van der Waals surface area contributed by atoms with Crippen molar-refractivity contribution in [2.75, 3.05) is 31.2 Å². The van der Waals surface area contributed by atoms with Crippen molar-refractivity contribution in [3.8, 4) is 17.0 Å². The zero-order valence-electron chi connectivity index (χ0n) is 20.6. The number of anilines is 1. The second-order valence-electron chi connectivity index (χ2n) is 8.61. The molecule has 0 spiro atoms. The fourth-order valence-corrected chi connectivity index (χ4v) is 4.46. The molecule has 0 aliphatic carbocycles. The van der Waals surface area contributed by atoms with Gasteiger partial charge in [0.2, 0.25) is 0 Å². The lowest BCUT2D eigenvalue weighted by molar-refractivity contribution is -0.384. The largest absolute Gasteiger partial charge is 0.491 e. The van der Waals surface area contributed by atoms with Crippen LogP contribution in [0.25, 0.3) is 11.3 Å². The third-order valence-electron chi connectivity index (χ3n) is 5.71. The Balaban J connectivity index is 1.62. The smallest absolute Gasteiger partial charge is 0.269 e. The average molecular weight is 510 g/mol. The minimum atomic E-state index is -0.430. The number of nitro benzene ring substituents is 1. The highest BCUT2D eigenvalue weighted by Gasteiger charge is 2.23. The molecule has 4 rings (SSSR count). The van der Waals surface area contributed by atoms with Crippen LogP contribution in [0.15, 0.2) is 58.8 Å². The van der Waals surface area contributed by atoms with Crippen molar-refractivity contribution in [3.05, 3.63) is 58.6 Å². The molecule has 1 saturated heterocycles. The van der Waals surface area contributed by atoms with Crippen LogP contribution >= 0.6 is 11.3 Å². The normalized spacial score (nSPS) is 14.8. The Kier molecular flexibility index (Phi) is 8.96. The summed E-state index contributed by atoms with van der Waals surface area (Å²) < 4.78 is 11.0. The van der Waals surface area contributed by atoms with E-state index < -0.39 is 4.92 Å². The topological polar surface area (TPSA) is 106 Å². The molecule has 3 aromatic rings. The summed E-state index contributed by atoms with van der Waals surface area (Å²) in [6, 6.07) is 13.9. The van der Waals surface area contributed by atoms with E-state index in [2.05, 4.69) is 29.0 Å². The number of hydrogen-bond acceptors (Lipinski definition) is 9. The summed E-state index contributed by atoms with van der Waals surface area (Å²) in [4.78, 5) is 17.8. The fourth-order valence-electron chi connectivity index (χ4n) is 3.50. The molecule has 190 valence electrons. The van der Waals surface area contributed by atoms with Gasteiger partial charge in [-0.1, -0.05) is 38.0 Å². The lowest BCUT2D eigenvalue weighted by atomic mass is 10.1. The second kappa shape index (κ2) is 12.5. The van der Waals surface area contributed by atoms with Gasteiger partial charge >= 0.3 is 0 Å². The van der Waals surface area contributed by atoms with Gasteiger partial charge in [0.1, 0.15) is 24.2 Å². The van der Waals surface area contributed by atoms with Crippen molar-refractivity contribution in [1.82, 2.24) is 4.98 Å². The van der Waals surface area contributed by atoms with Gasteiger partial charge in [0.05, 0.1) is 17.2 Å². The quantitative estimate of drug-likeness (QED) is 0.0975. The van der Waals surface area contributed by atoms with E-state index in [0.717, 1.165) is 67.5 Å². The molecule has 9 nitrogen and oxygen atoms in total. The number of unbranched alkanes of at least 4 members (excludes halogenated alkanes) is 2. The second-order valence-corrected chi connectivity index (χ2v) is 9.56. The summed E-state index contributed by atoms with van der Waals surface area (Å²) in [5.74, 6) is 0.784. The Labute approximate surface area is 215 Å². The molecule has 0 unspecified atom stereocenters. The van der Waals surface area contributed by atoms with Crippen LogP contribution in [0.3, 0.4) is 0 Å². The Bertz CT molecular complexity index is 1150. The van der Waals surface area contributed by atoms with Gasteiger partial charge in [-0.15, -0.1) is 10.2 Å². The maximum absolute atomic E-state index is 10.9. The number of nitrogens with zero attached hydrogens (tertiary/aromatic N) is 5. The molecule has 1 atom stereocenters. The maximum Gasteiger partial charge on any atom is 0.269 e. The molecule has 36 heavy (non-hydrogen) atoms. The lowest BCUT2D eigenvalue weighted by Gasteiger charge is -2.21. The van der Waals surface area contributed by atoms with Crippen molar-refractivity contribution in [3.63, 3.8) is 0 Å². The maximum atomic E-state index is 10.9. The molecular formula is C26H31N5O4S. The first-order valence-corrected chi connectivity index (χ1v) is 13.2. The molecule has 0 amide bonds. The molecule has 0 N–H and O–H groups in total. The van der Waals surface area contributed by atoms with E-state index >= 15 is 0 Å². The number of epoxide rings is 1. The zero-order valence-corrected chi connectivity index (χ0v) is 21.4. The van der Waals surface area contributed by atoms with Gasteiger partial charge in [-0.2, -0.15) is 0 Å². The van der Waals surface area contributed by atoms with E-state index in [0.29, 0.717) is 17.3 Å². The molecule has 10 heteroatoms. The minimum absolute atomic E-state index is 0.0211. The molecule has 2 aromatic carbocycles. The minimum Gasteiger partial charge on any atom is -0.491 e.